The molecule has 0 aliphatic rings. The second-order valence-corrected chi connectivity index (χ2v) is 6.85. The molecular weight excluding hydrogens is 379 g/mol. The van der Waals surface area contributed by atoms with E-state index in [0.717, 1.165) is 5.56 Å². The first kappa shape index (κ1) is 19.7. The molecule has 0 saturated carbocycles. The van der Waals surface area contributed by atoms with Gasteiger partial charge in [-0.2, -0.15) is 11.3 Å². The van der Waals surface area contributed by atoms with Gasteiger partial charge in [-0.3, -0.25) is 9.59 Å². The van der Waals surface area contributed by atoms with E-state index in [2.05, 4.69) is 10.6 Å². The summed E-state index contributed by atoms with van der Waals surface area (Å²) < 4.78 is 19.0. The van der Waals surface area contributed by atoms with Gasteiger partial charge in [-0.05, 0) is 52.2 Å². The number of carbonyl (C=O) groups excluding carboxylic acids is 2. The fourth-order valence-corrected chi connectivity index (χ4v) is 3.38. The van der Waals surface area contributed by atoms with Crippen LogP contribution in [0.3, 0.4) is 0 Å². The van der Waals surface area contributed by atoms with Crippen LogP contribution in [0.25, 0.3) is 11.1 Å². The van der Waals surface area contributed by atoms with Crippen molar-refractivity contribution in [2.45, 2.75) is 6.54 Å². The number of hydrogen-bond acceptors (Lipinski definition) is 4. The summed E-state index contributed by atoms with van der Waals surface area (Å²) in [5.74, 6) is -1.22. The van der Waals surface area contributed by atoms with Crippen LogP contribution in [-0.4, -0.2) is 25.5 Å². The van der Waals surface area contributed by atoms with Crippen LogP contribution in [0.5, 0.6) is 0 Å². The highest BCUT2D eigenvalue weighted by Gasteiger charge is 2.13. The number of benzene rings is 2. The number of nitrogens with one attached hydrogen (secondary N) is 2. The van der Waals surface area contributed by atoms with Crippen LogP contribution < -0.4 is 10.6 Å². The monoisotopic (exact) mass is 398 g/mol. The second kappa shape index (κ2) is 9.25. The molecule has 1 aromatic heterocycles. The molecule has 0 bridgehead atoms. The van der Waals surface area contributed by atoms with Crippen molar-refractivity contribution in [3.63, 3.8) is 0 Å². The van der Waals surface area contributed by atoms with Crippen molar-refractivity contribution in [1.29, 1.82) is 0 Å². The quantitative estimate of drug-likeness (QED) is 0.630. The lowest BCUT2D eigenvalue weighted by molar-refractivity contribution is -0.119. The van der Waals surface area contributed by atoms with E-state index in [0.29, 0.717) is 23.4 Å². The number of ether oxygens (including phenoxy) is 1. The van der Waals surface area contributed by atoms with Crippen molar-refractivity contribution >= 4 is 28.8 Å². The molecule has 2 aromatic carbocycles. The van der Waals surface area contributed by atoms with Gasteiger partial charge in [-0.15, -0.1) is 0 Å². The third kappa shape index (κ3) is 5.03. The Bertz CT molecular complexity index is 974. The van der Waals surface area contributed by atoms with Gasteiger partial charge in [0.2, 0.25) is 5.91 Å². The van der Waals surface area contributed by atoms with Crippen LogP contribution >= 0.6 is 11.3 Å². The summed E-state index contributed by atoms with van der Waals surface area (Å²) in [6, 6.07) is 13.1. The first-order chi connectivity index (χ1) is 13.6. The molecule has 144 valence electrons. The van der Waals surface area contributed by atoms with Gasteiger partial charge in [0.15, 0.2) is 0 Å². The Morgan fingerprint density at radius 3 is 2.71 bits per heavy atom. The lowest BCUT2D eigenvalue weighted by Crippen LogP contribution is -2.22. The Hall–Kier alpha value is -3.03. The normalized spacial score (nSPS) is 10.5. The Balaban J connectivity index is 1.85. The molecule has 0 radical (unpaired) electrons. The first-order valence-electron chi connectivity index (χ1n) is 8.55. The lowest BCUT2D eigenvalue weighted by Gasteiger charge is -2.12. The molecule has 2 N–H and O–H groups in total. The van der Waals surface area contributed by atoms with Gasteiger partial charge in [0.05, 0.1) is 0 Å². The van der Waals surface area contributed by atoms with Crippen molar-refractivity contribution in [2.24, 2.45) is 0 Å². The highest BCUT2D eigenvalue weighted by molar-refractivity contribution is 7.07. The number of thiophene rings is 1. The van der Waals surface area contributed by atoms with Crippen molar-refractivity contribution in [2.75, 3.05) is 19.0 Å². The maximum atomic E-state index is 14.2. The topological polar surface area (TPSA) is 67.4 Å². The number of rotatable bonds is 7. The first-order valence-corrected chi connectivity index (χ1v) is 9.49. The van der Waals surface area contributed by atoms with Crippen LogP contribution in [0, 0.1) is 5.82 Å². The molecule has 0 aliphatic heterocycles. The van der Waals surface area contributed by atoms with Crippen LogP contribution in [0.4, 0.5) is 10.1 Å². The van der Waals surface area contributed by atoms with E-state index in [1.54, 1.807) is 41.7 Å². The summed E-state index contributed by atoms with van der Waals surface area (Å²) in [4.78, 5) is 24.3. The molecule has 0 spiro atoms. The van der Waals surface area contributed by atoms with E-state index in [9.17, 15) is 14.0 Å². The van der Waals surface area contributed by atoms with Crippen LogP contribution in [0.2, 0.25) is 0 Å². The van der Waals surface area contributed by atoms with Gasteiger partial charge in [-0.1, -0.05) is 18.2 Å². The summed E-state index contributed by atoms with van der Waals surface area (Å²) in [6.45, 7) is 0.283. The largest absolute Gasteiger partial charge is 0.375 e. The number of methoxy groups -OCH3 is 1. The Labute approximate surface area is 166 Å². The van der Waals surface area contributed by atoms with E-state index < -0.39 is 5.82 Å². The van der Waals surface area contributed by atoms with Gasteiger partial charge in [0.25, 0.3) is 5.91 Å². The molecule has 2 amide bonds. The van der Waals surface area contributed by atoms with Crippen molar-refractivity contribution < 1.29 is 18.7 Å². The predicted molar refractivity (Wildman–Crippen MR) is 108 cm³/mol. The molecule has 1 heterocycles. The van der Waals surface area contributed by atoms with Crippen LogP contribution in [-0.2, 0) is 16.1 Å². The van der Waals surface area contributed by atoms with E-state index >= 15 is 0 Å². The number of anilines is 1. The minimum absolute atomic E-state index is 0.0896. The molecule has 0 aliphatic carbocycles. The summed E-state index contributed by atoms with van der Waals surface area (Å²) in [6.07, 6.45) is 0. The average molecular weight is 398 g/mol. The second-order valence-electron chi connectivity index (χ2n) is 6.07. The SMILES string of the molecule is COCC(=O)Nc1ccccc1-c1cc(F)cc(C(=O)NCc2ccsc2)c1. The maximum absolute atomic E-state index is 14.2. The molecule has 7 heteroatoms. The summed E-state index contributed by atoms with van der Waals surface area (Å²) >= 11 is 1.54. The molecule has 0 atom stereocenters. The van der Waals surface area contributed by atoms with Crippen molar-refractivity contribution in [3.05, 3.63) is 76.2 Å². The molecule has 0 saturated heterocycles. The summed E-state index contributed by atoms with van der Waals surface area (Å²) in [7, 11) is 1.43. The minimum atomic E-state index is -0.531. The minimum Gasteiger partial charge on any atom is -0.375 e. The smallest absolute Gasteiger partial charge is 0.251 e. The zero-order valence-corrected chi connectivity index (χ0v) is 16.0. The highest BCUT2D eigenvalue weighted by Crippen LogP contribution is 2.29. The highest BCUT2D eigenvalue weighted by atomic mass is 32.1. The maximum Gasteiger partial charge on any atom is 0.251 e. The molecule has 3 aromatic rings. The Kier molecular flexibility index (Phi) is 6.52. The molecule has 0 unspecified atom stereocenters. The molecular formula is C21H19FN2O3S. The number of para-hydroxylation sites is 1. The Morgan fingerprint density at radius 2 is 1.96 bits per heavy atom. The number of halogens is 1. The number of hydrogen-bond donors (Lipinski definition) is 2. The molecule has 3 rings (SSSR count). The van der Waals surface area contributed by atoms with Gasteiger partial charge in [0, 0.05) is 30.5 Å². The lowest BCUT2D eigenvalue weighted by atomic mass is 10.0. The zero-order valence-electron chi connectivity index (χ0n) is 15.2. The van der Waals surface area contributed by atoms with Crippen LogP contribution in [0.1, 0.15) is 15.9 Å². The van der Waals surface area contributed by atoms with E-state index in [1.807, 2.05) is 16.8 Å². The predicted octanol–water partition coefficient (Wildman–Crippen LogP) is 4.07. The number of carbonyl (C=O) groups is 2. The fraction of sp³-hybridized carbons (Fsp3) is 0.143. The van der Waals surface area contributed by atoms with Gasteiger partial charge in [-0.25, -0.2) is 4.39 Å². The van der Waals surface area contributed by atoms with Crippen LogP contribution in [0.15, 0.2) is 59.3 Å². The number of amides is 2. The average Bonchev–Trinajstić information content (AvgIpc) is 3.20. The Morgan fingerprint density at radius 1 is 1.14 bits per heavy atom. The standard InChI is InChI=1S/C21H19FN2O3S/c1-27-12-20(25)24-19-5-3-2-4-18(19)15-8-16(10-17(22)9-15)21(26)23-11-14-6-7-28-13-14/h2-10,13H,11-12H2,1H3,(H,23,26)(H,24,25). The van der Waals surface area contributed by atoms with Gasteiger partial charge >= 0.3 is 0 Å². The van der Waals surface area contributed by atoms with E-state index in [4.69, 9.17) is 4.74 Å². The summed E-state index contributed by atoms with van der Waals surface area (Å²) in [5.41, 5.74) is 2.82. The summed E-state index contributed by atoms with van der Waals surface area (Å²) in [5, 5.41) is 9.39. The third-order valence-corrected chi connectivity index (χ3v) is 4.71. The van der Waals surface area contributed by atoms with E-state index in [-0.39, 0.29) is 24.0 Å². The van der Waals surface area contributed by atoms with Gasteiger partial charge < -0.3 is 15.4 Å². The van der Waals surface area contributed by atoms with Crippen molar-refractivity contribution in [3.8, 4) is 11.1 Å². The molecule has 28 heavy (non-hydrogen) atoms. The zero-order chi connectivity index (χ0) is 19.9. The molecule has 0 fully saturated rings. The van der Waals surface area contributed by atoms with E-state index in [1.165, 1.54) is 19.2 Å². The van der Waals surface area contributed by atoms with Crippen molar-refractivity contribution in [1.82, 2.24) is 5.32 Å². The molecule has 5 nitrogen and oxygen atoms in total. The van der Waals surface area contributed by atoms with Gasteiger partial charge in [0.1, 0.15) is 12.4 Å². The third-order valence-electron chi connectivity index (χ3n) is 3.98. The fourth-order valence-electron chi connectivity index (χ4n) is 2.72.